The van der Waals surface area contributed by atoms with Crippen molar-refractivity contribution in [1.29, 1.82) is 0 Å². The molecule has 7 heteroatoms. The van der Waals surface area contributed by atoms with Gasteiger partial charge in [-0.15, -0.1) is 0 Å². The Labute approximate surface area is 172 Å². The van der Waals surface area contributed by atoms with Gasteiger partial charge in [0.1, 0.15) is 0 Å². The number of nitrogens with zero attached hydrogens (tertiary/aromatic N) is 1. The van der Waals surface area contributed by atoms with Crippen LogP contribution < -0.4 is 10.9 Å². The molecular weight excluding hydrogens is 367 g/mol. The van der Waals surface area contributed by atoms with Crippen molar-refractivity contribution in [3.05, 3.63) is 64.2 Å². The third-order valence-corrected chi connectivity index (χ3v) is 4.94. The first kappa shape index (κ1) is 21.1. The maximum atomic E-state index is 13.2. The molecule has 2 aromatic rings. The number of hydrogen-bond acceptors (Lipinski definition) is 4. The highest BCUT2D eigenvalue weighted by atomic mass is 16.5. The van der Waals surface area contributed by atoms with Crippen LogP contribution in [0.1, 0.15) is 71.2 Å². The van der Waals surface area contributed by atoms with E-state index in [1.54, 1.807) is 18.2 Å². The smallest absolute Gasteiger partial charge is 0.423 e. The minimum absolute atomic E-state index is 0.227. The molecule has 1 aliphatic heterocycles. The molecule has 0 radical (unpaired) electrons. The van der Waals surface area contributed by atoms with Crippen LogP contribution in [0.5, 0.6) is 0 Å². The Balaban J connectivity index is 1.89. The minimum atomic E-state index is -1.05. The molecule has 1 atom stereocenters. The molecule has 2 N–H and O–H groups in total. The van der Waals surface area contributed by atoms with Crippen molar-refractivity contribution >= 4 is 24.4 Å². The lowest BCUT2D eigenvalue weighted by atomic mass is 9.78. The second-order valence-electron chi connectivity index (χ2n) is 8.60. The predicted octanol–water partition coefficient (Wildman–Crippen LogP) is 2.67. The highest BCUT2D eigenvalue weighted by Crippen LogP contribution is 2.23. The van der Waals surface area contributed by atoms with Crippen LogP contribution in [-0.4, -0.2) is 34.5 Å². The number of fused-ring (bicyclic) bond motifs is 1. The van der Waals surface area contributed by atoms with E-state index >= 15 is 0 Å². The average Bonchev–Trinajstić information content (AvgIpc) is 2.90. The van der Waals surface area contributed by atoms with Crippen molar-refractivity contribution in [1.82, 2.24) is 10.4 Å². The van der Waals surface area contributed by atoms with Crippen molar-refractivity contribution in [3.8, 4) is 0 Å². The Bertz CT molecular complexity index is 948. The van der Waals surface area contributed by atoms with Gasteiger partial charge in [0.05, 0.1) is 11.6 Å². The highest BCUT2D eigenvalue weighted by molar-refractivity contribution is 6.61. The Morgan fingerprint density at radius 2 is 1.69 bits per heavy atom. The monoisotopic (exact) mass is 394 g/mol. The summed E-state index contributed by atoms with van der Waals surface area (Å²) in [5.41, 5.74) is 6.37. The largest absolute Gasteiger partial charge is 0.491 e. The number of hydrogen-bond donors (Lipinski definition) is 2. The number of carbonyl (C=O) groups excluding carboxylic acids is 2. The molecule has 0 bridgehead atoms. The number of hydrazine groups is 1. The summed E-state index contributed by atoms with van der Waals surface area (Å²) in [5, 5.41) is 11.4. The average molecular weight is 394 g/mol. The van der Waals surface area contributed by atoms with E-state index in [1.807, 2.05) is 59.7 Å². The highest BCUT2D eigenvalue weighted by Gasteiger charge is 2.34. The summed E-state index contributed by atoms with van der Waals surface area (Å²) in [6.07, 6.45) is -0.227. The molecule has 29 heavy (non-hydrogen) atoms. The van der Waals surface area contributed by atoms with Crippen molar-refractivity contribution in [2.75, 3.05) is 0 Å². The van der Waals surface area contributed by atoms with E-state index in [4.69, 9.17) is 4.65 Å². The summed E-state index contributed by atoms with van der Waals surface area (Å²) in [6.45, 7) is 11.3. The Kier molecular flexibility index (Phi) is 5.56. The molecule has 2 amide bonds. The molecule has 0 saturated heterocycles. The predicted molar refractivity (Wildman–Crippen MR) is 113 cm³/mol. The number of aryl methyl sites for hydroxylation is 2. The zero-order valence-corrected chi connectivity index (χ0v) is 17.7. The van der Waals surface area contributed by atoms with Gasteiger partial charge in [-0.2, -0.15) is 0 Å². The van der Waals surface area contributed by atoms with E-state index in [2.05, 4.69) is 5.43 Å². The maximum absolute atomic E-state index is 13.2. The fourth-order valence-electron chi connectivity index (χ4n) is 3.56. The number of rotatable bonds is 2. The Morgan fingerprint density at radius 3 is 2.28 bits per heavy atom. The molecular formula is C22H27BN2O4. The summed E-state index contributed by atoms with van der Waals surface area (Å²) in [7, 11) is -1.05. The second-order valence-corrected chi connectivity index (χ2v) is 8.60. The van der Waals surface area contributed by atoms with E-state index in [0.717, 1.165) is 16.7 Å². The Hall–Kier alpha value is -2.64. The Morgan fingerprint density at radius 1 is 1.07 bits per heavy atom. The molecule has 0 aliphatic carbocycles. The first-order valence-corrected chi connectivity index (χ1v) is 9.68. The molecule has 0 saturated carbocycles. The van der Waals surface area contributed by atoms with E-state index < -0.39 is 18.6 Å². The van der Waals surface area contributed by atoms with Crippen molar-refractivity contribution in [2.24, 2.45) is 0 Å². The van der Waals surface area contributed by atoms with Crippen LogP contribution in [-0.2, 0) is 4.65 Å². The summed E-state index contributed by atoms with van der Waals surface area (Å²) in [5.74, 6) is -0.706. The molecule has 1 aliphatic rings. The quantitative estimate of drug-likeness (QED) is 0.607. The van der Waals surface area contributed by atoms with E-state index in [9.17, 15) is 14.6 Å². The van der Waals surface area contributed by atoms with Gasteiger partial charge in [-0.3, -0.25) is 15.0 Å². The van der Waals surface area contributed by atoms with Gasteiger partial charge in [-0.05, 0) is 76.8 Å². The summed E-state index contributed by atoms with van der Waals surface area (Å²) >= 11 is 0. The van der Waals surface area contributed by atoms with E-state index in [-0.39, 0.29) is 12.0 Å². The SMILES string of the molecule is Cc1cc(C)cc(C(=O)N(NC(=O)c2ccc3c(c2)B(O)OC3C)C(C)(C)C)c1. The van der Waals surface area contributed by atoms with Crippen LogP contribution in [0.2, 0.25) is 0 Å². The van der Waals surface area contributed by atoms with Gasteiger partial charge in [0.25, 0.3) is 11.8 Å². The number of nitrogens with one attached hydrogen (secondary N) is 1. The molecule has 0 fully saturated rings. The van der Waals surface area contributed by atoms with Crippen LogP contribution in [0.15, 0.2) is 36.4 Å². The topological polar surface area (TPSA) is 78.9 Å². The zero-order chi connectivity index (χ0) is 21.5. The van der Waals surface area contributed by atoms with Gasteiger partial charge in [0, 0.05) is 11.1 Å². The molecule has 1 heterocycles. The van der Waals surface area contributed by atoms with Crippen molar-refractivity contribution in [2.45, 2.75) is 53.2 Å². The van der Waals surface area contributed by atoms with Gasteiger partial charge in [-0.25, -0.2) is 5.01 Å². The molecule has 3 rings (SSSR count). The normalized spacial score (nSPS) is 15.8. The third-order valence-electron chi connectivity index (χ3n) is 4.94. The molecule has 1 unspecified atom stereocenters. The lowest BCUT2D eigenvalue weighted by Gasteiger charge is -2.35. The van der Waals surface area contributed by atoms with Gasteiger partial charge >= 0.3 is 7.12 Å². The molecule has 2 aromatic carbocycles. The van der Waals surface area contributed by atoms with Gasteiger partial charge in [0.15, 0.2) is 0 Å². The standard InChI is InChI=1S/C22H27BN2O4/c1-13-9-14(2)11-17(10-13)21(27)25(22(4,5)6)24-20(26)16-7-8-18-15(3)29-23(28)19(18)12-16/h7-12,15,28H,1-6H3,(H,24,26). The van der Waals surface area contributed by atoms with Gasteiger partial charge in [-0.1, -0.05) is 23.3 Å². The number of amides is 2. The summed E-state index contributed by atoms with van der Waals surface area (Å²) in [6, 6.07) is 10.7. The van der Waals surface area contributed by atoms with E-state index in [0.29, 0.717) is 16.6 Å². The second kappa shape index (κ2) is 7.65. The van der Waals surface area contributed by atoms with E-state index in [1.165, 1.54) is 5.01 Å². The van der Waals surface area contributed by atoms with Crippen LogP contribution in [0.4, 0.5) is 0 Å². The van der Waals surface area contributed by atoms with Gasteiger partial charge < -0.3 is 9.68 Å². The van der Waals surface area contributed by atoms with Crippen LogP contribution in [0, 0.1) is 13.8 Å². The fraction of sp³-hybridized carbons (Fsp3) is 0.364. The maximum Gasteiger partial charge on any atom is 0.491 e. The molecule has 0 aromatic heterocycles. The third kappa shape index (κ3) is 4.36. The fourth-order valence-corrected chi connectivity index (χ4v) is 3.56. The molecule has 6 nitrogen and oxygen atoms in total. The number of carbonyl (C=O) groups is 2. The first-order valence-electron chi connectivity index (χ1n) is 9.68. The summed E-state index contributed by atoms with van der Waals surface area (Å²) in [4.78, 5) is 26.1. The minimum Gasteiger partial charge on any atom is -0.423 e. The lowest BCUT2D eigenvalue weighted by Crippen LogP contribution is -2.56. The number of benzene rings is 2. The molecule has 152 valence electrons. The van der Waals surface area contributed by atoms with Crippen LogP contribution in [0.3, 0.4) is 0 Å². The first-order chi connectivity index (χ1) is 13.5. The van der Waals surface area contributed by atoms with Crippen LogP contribution in [0.25, 0.3) is 0 Å². The summed E-state index contributed by atoms with van der Waals surface area (Å²) < 4.78 is 5.38. The van der Waals surface area contributed by atoms with Crippen molar-refractivity contribution < 1.29 is 19.3 Å². The van der Waals surface area contributed by atoms with Crippen molar-refractivity contribution in [3.63, 3.8) is 0 Å². The van der Waals surface area contributed by atoms with Gasteiger partial charge in [0.2, 0.25) is 0 Å². The lowest BCUT2D eigenvalue weighted by molar-refractivity contribution is 0.0358. The molecule has 0 spiro atoms. The zero-order valence-electron chi connectivity index (χ0n) is 17.7. The van der Waals surface area contributed by atoms with Crippen LogP contribution >= 0.6 is 0 Å².